The lowest BCUT2D eigenvalue weighted by Gasteiger charge is -1.98. The summed E-state index contributed by atoms with van der Waals surface area (Å²) >= 11 is 0. The number of aromatic nitrogens is 3. The first-order chi connectivity index (χ1) is 7.34. The van der Waals surface area contributed by atoms with Gasteiger partial charge in [-0.25, -0.2) is 4.52 Å². The van der Waals surface area contributed by atoms with Crippen LogP contribution < -0.4 is 5.73 Å². The molecule has 2 N–H and O–H groups in total. The molecule has 0 radical (unpaired) electrons. The lowest BCUT2D eigenvalue weighted by molar-refractivity contribution is 0.577. The van der Waals surface area contributed by atoms with Crippen LogP contribution in [0.2, 0.25) is 0 Å². The Morgan fingerprint density at radius 2 is 2.13 bits per heavy atom. The molecule has 0 saturated heterocycles. The highest BCUT2D eigenvalue weighted by Gasteiger charge is 2.08. The van der Waals surface area contributed by atoms with Crippen LogP contribution in [0.3, 0.4) is 0 Å². The molecule has 3 aromatic rings. The molecule has 0 fully saturated rings. The quantitative estimate of drug-likeness (QED) is 0.647. The summed E-state index contributed by atoms with van der Waals surface area (Å²) < 4.78 is 6.97. The monoisotopic (exact) mass is 200 g/mol. The molecule has 3 rings (SSSR count). The van der Waals surface area contributed by atoms with Crippen molar-refractivity contribution in [1.29, 1.82) is 0 Å². The molecule has 0 saturated carbocycles. The van der Waals surface area contributed by atoms with Crippen molar-refractivity contribution in [2.75, 3.05) is 5.73 Å². The fourth-order valence-electron chi connectivity index (χ4n) is 1.53. The van der Waals surface area contributed by atoms with Gasteiger partial charge in [0.15, 0.2) is 11.4 Å². The number of pyridine rings is 1. The van der Waals surface area contributed by atoms with Gasteiger partial charge in [-0.2, -0.15) is 4.98 Å². The van der Waals surface area contributed by atoms with Crippen molar-refractivity contribution in [3.8, 4) is 11.5 Å². The summed E-state index contributed by atoms with van der Waals surface area (Å²) in [6.45, 7) is 0. The third kappa shape index (κ3) is 1.17. The van der Waals surface area contributed by atoms with Crippen molar-refractivity contribution >= 4 is 11.6 Å². The smallest absolute Gasteiger partial charge is 0.240 e. The van der Waals surface area contributed by atoms with E-state index in [2.05, 4.69) is 10.1 Å². The van der Waals surface area contributed by atoms with Crippen molar-refractivity contribution in [2.24, 2.45) is 0 Å². The van der Waals surface area contributed by atoms with Crippen LogP contribution >= 0.6 is 0 Å². The van der Waals surface area contributed by atoms with Crippen molar-refractivity contribution in [2.45, 2.75) is 0 Å². The first-order valence-electron chi connectivity index (χ1n) is 4.50. The summed E-state index contributed by atoms with van der Waals surface area (Å²) in [4.78, 5) is 4.07. The van der Waals surface area contributed by atoms with Crippen molar-refractivity contribution in [3.05, 3.63) is 36.6 Å². The predicted molar refractivity (Wildman–Crippen MR) is 55.1 cm³/mol. The van der Waals surface area contributed by atoms with Gasteiger partial charge in [-0.15, -0.1) is 5.10 Å². The summed E-state index contributed by atoms with van der Waals surface area (Å²) in [5, 5.41) is 4.09. The van der Waals surface area contributed by atoms with Gasteiger partial charge in [-0.1, -0.05) is 6.07 Å². The van der Waals surface area contributed by atoms with E-state index in [1.165, 1.54) is 0 Å². The van der Waals surface area contributed by atoms with E-state index in [-0.39, 0.29) is 5.95 Å². The average Bonchev–Trinajstić information content (AvgIpc) is 2.82. The van der Waals surface area contributed by atoms with Gasteiger partial charge >= 0.3 is 0 Å². The Morgan fingerprint density at radius 1 is 1.20 bits per heavy atom. The molecular formula is C10H8N4O. The topological polar surface area (TPSA) is 69.3 Å². The average molecular weight is 200 g/mol. The van der Waals surface area contributed by atoms with Crippen LogP contribution in [-0.4, -0.2) is 14.6 Å². The Morgan fingerprint density at radius 3 is 2.93 bits per heavy atom. The van der Waals surface area contributed by atoms with Crippen molar-refractivity contribution < 1.29 is 4.42 Å². The number of nitrogens with zero attached hydrogens (tertiary/aromatic N) is 3. The molecule has 3 aromatic heterocycles. The van der Waals surface area contributed by atoms with Crippen LogP contribution in [-0.2, 0) is 0 Å². The van der Waals surface area contributed by atoms with Gasteiger partial charge in [0.2, 0.25) is 5.95 Å². The number of nitrogens with two attached hydrogens (primary N) is 1. The van der Waals surface area contributed by atoms with E-state index in [9.17, 15) is 0 Å². The molecule has 0 bridgehead atoms. The molecule has 0 unspecified atom stereocenters. The molecule has 0 amide bonds. The largest absolute Gasteiger partial charge is 0.463 e. The first kappa shape index (κ1) is 8.05. The minimum absolute atomic E-state index is 0.258. The molecule has 74 valence electrons. The lowest BCUT2D eigenvalue weighted by atomic mass is 10.3. The fourth-order valence-corrected chi connectivity index (χ4v) is 1.53. The number of hydrogen-bond acceptors (Lipinski definition) is 4. The maximum Gasteiger partial charge on any atom is 0.240 e. The highest BCUT2D eigenvalue weighted by molar-refractivity contribution is 5.58. The molecular weight excluding hydrogens is 192 g/mol. The highest BCUT2D eigenvalue weighted by Crippen LogP contribution is 2.20. The zero-order valence-corrected chi connectivity index (χ0v) is 7.79. The number of furan rings is 1. The molecule has 0 spiro atoms. The number of nitrogen functional groups attached to an aromatic ring is 1. The standard InChI is InChI=1S/C10H8N4O/c11-10-12-9-5-1-3-7(14(9)13-10)8-4-2-6-15-8/h1-6H,(H2,11,13). The van der Waals surface area contributed by atoms with Crippen LogP contribution in [0.15, 0.2) is 41.0 Å². The van der Waals surface area contributed by atoms with Crippen molar-refractivity contribution in [3.63, 3.8) is 0 Å². The Bertz CT molecular complexity index is 597. The number of hydrogen-bond donors (Lipinski definition) is 1. The van der Waals surface area contributed by atoms with Gasteiger partial charge in [0.05, 0.1) is 6.26 Å². The zero-order chi connectivity index (χ0) is 10.3. The normalized spacial score (nSPS) is 10.9. The number of fused-ring (bicyclic) bond motifs is 1. The summed E-state index contributed by atoms with van der Waals surface area (Å²) in [7, 11) is 0. The fraction of sp³-hybridized carbons (Fsp3) is 0. The molecule has 5 heteroatoms. The molecule has 15 heavy (non-hydrogen) atoms. The first-order valence-corrected chi connectivity index (χ1v) is 4.50. The second kappa shape index (κ2) is 2.84. The Labute approximate surface area is 85.1 Å². The Kier molecular flexibility index (Phi) is 1.53. The van der Waals surface area contributed by atoms with E-state index < -0.39 is 0 Å². The molecule has 0 aliphatic heterocycles. The third-order valence-corrected chi connectivity index (χ3v) is 2.15. The third-order valence-electron chi connectivity index (χ3n) is 2.15. The Hall–Kier alpha value is -2.30. The Balaban J connectivity index is 2.35. The van der Waals surface area contributed by atoms with Crippen molar-refractivity contribution in [1.82, 2.24) is 14.6 Å². The maximum atomic E-state index is 5.54. The van der Waals surface area contributed by atoms with Crippen LogP contribution in [0.5, 0.6) is 0 Å². The van der Waals surface area contributed by atoms with Gasteiger partial charge in [0.25, 0.3) is 0 Å². The van der Waals surface area contributed by atoms with Gasteiger partial charge in [-0.05, 0) is 24.3 Å². The summed E-state index contributed by atoms with van der Waals surface area (Å²) in [5.41, 5.74) is 7.08. The van der Waals surface area contributed by atoms with Gasteiger partial charge in [-0.3, -0.25) is 0 Å². The second-order valence-corrected chi connectivity index (χ2v) is 3.13. The number of rotatable bonds is 1. The van der Waals surface area contributed by atoms with E-state index in [0.29, 0.717) is 5.65 Å². The predicted octanol–water partition coefficient (Wildman–Crippen LogP) is 1.57. The maximum absolute atomic E-state index is 5.54. The van der Waals surface area contributed by atoms with E-state index in [1.54, 1.807) is 10.8 Å². The van der Waals surface area contributed by atoms with Gasteiger partial charge in [0, 0.05) is 0 Å². The van der Waals surface area contributed by atoms with Crippen LogP contribution in [0, 0.1) is 0 Å². The minimum Gasteiger partial charge on any atom is -0.463 e. The zero-order valence-electron chi connectivity index (χ0n) is 7.79. The molecule has 5 nitrogen and oxygen atoms in total. The minimum atomic E-state index is 0.258. The van der Waals surface area contributed by atoms with E-state index in [4.69, 9.17) is 10.2 Å². The molecule has 0 aliphatic rings. The highest BCUT2D eigenvalue weighted by atomic mass is 16.3. The van der Waals surface area contributed by atoms with Gasteiger partial charge < -0.3 is 10.2 Å². The van der Waals surface area contributed by atoms with Crippen LogP contribution in [0.1, 0.15) is 0 Å². The molecule has 3 heterocycles. The summed E-state index contributed by atoms with van der Waals surface area (Å²) in [6.07, 6.45) is 1.62. The molecule has 0 aliphatic carbocycles. The summed E-state index contributed by atoms with van der Waals surface area (Å²) in [5.74, 6) is 1.000. The van der Waals surface area contributed by atoms with E-state index in [1.807, 2.05) is 30.3 Å². The van der Waals surface area contributed by atoms with Crippen LogP contribution in [0.25, 0.3) is 17.1 Å². The van der Waals surface area contributed by atoms with Gasteiger partial charge in [0.1, 0.15) is 5.69 Å². The second-order valence-electron chi connectivity index (χ2n) is 3.13. The molecule has 0 atom stereocenters. The summed E-state index contributed by atoms with van der Waals surface area (Å²) in [6, 6.07) is 9.33. The van der Waals surface area contributed by atoms with E-state index in [0.717, 1.165) is 11.5 Å². The van der Waals surface area contributed by atoms with Crippen LogP contribution in [0.4, 0.5) is 5.95 Å². The molecule has 0 aromatic carbocycles. The lowest BCUT2D eigenvalue weighted by Crippen LogP contribution is -1.93. The van der Waals surface area contributed by atoms with E-state index >= 15 is 0 Å². The number of anilines is 1. The SMILES string of the molecule is Nc1nc2cccc(-c3ccco3)n2n1.